The van der Waals surface area contributed by atoms with Crippen LogP contribution in [-0.2, 0) is 0 Å². The van der Waals surface area contributed by atoms with Gasteiger partial charge in [-0.1, -0.05) is 31.9 Å². The number of aromatic nitrogens is 2. The van der Waals surface area contributed by atoms with Crippen molar-refractivity contribution in [2.75, 3.05) is 0 Å². The van der Waals surface area contributed by atoms with Crippen molar-refractivity contribution >= 4 is 31.9 Å². The van der Waals surface area contributed by atoms with Gasteiger partial charge in [-0.2, -0.15) is 0 Å². The molecule has 0 saturated heterocycles. The first-order valence-corrected chi connectivity index (χ1v) is 6.21. The average Bonchev–Trinajstić information content (AvgIpc) is 2.56. The molecule has 2 aliphatic carbocycles. The molecule has 1 aromatic heterocycles. The van der Waals surface area contributed by atoms with Crippen LogP contribution in [0.3, 0.4) is 0 Å². The predicted octanol–water partition coefficient (Wildman–Crippen LogP) is 2.59. The molecule has 3 rings (SSSR count). The molecule has 0 unspecified atom stereocenters. The van der Waals surface area contributed by atoms with Crippen LogP contribution in [0.2, 0.25) is 0 Å². The highest BCUT2D eigenvalue weighted by Gasteiger charge is 2.51. The van der Waals surface area contributed by atoms with Gasteiger partial charge in [0.05, 0.1) is 11.4 Å². The molecule has 0 spiro atoms. The average molecular weight is 304 g/mol. The van der Waals surface area contributed by atoms with Gasteiger partial charge >= 0.3 is 0 Å². The van der Waals surface area contributed by atoms with Gasteiger partial charge in [0.25, 0.3) is 0 Å². The van der Waals surface area contributed by atoms with Crippen molar-refractivity contribution in [2.45, 2.75) is 27.9 Å². The van der Waals surface area contributed by atoms with Gasteiger partial charge in [-0.15, -0.1) is 0 Å². The fourth-order valence-electron chi connectivity index (χ4n) is 2.46. The van der Waals surface area contributed by atoms with Crippen LogP contribution < -0.4 is 0 Å². The number of hydrogen-bond acceptors (Lipinski definition) is 2. The van der Waals surface area contributed by atoms with Gasteiger partial charge in [-0.3, -0.25) is 9.97 Å². The van der Waals surface area contributed by atoms with Crippen LogP contribution in [-0.4, -0.2) is 19.6 Å². The summed E-state index contributed by atoms with van der Waals surface area (Å²) in [6.45, 7) is 0. The zero-order valence-corrected chi connectivity index (χ0v) is 9.99. The largest absolute Gasteiger partial charge is 0.257 e. The lowest BCUT2D eigenvalue weighted by molar-refractivity contribution is 0.701. The molecule has 1 heterocycles. The Balaban J connectivity index is 2.18. The van der Waals surface area contributed by atoms with Crippen molar-refractivity contribution in [1.82, 2.24) is 9.97 Å². The molecule has 2 bridgehead atoms. The number of halogens is 2. The summed E-state index contributed by atoms with van der Waals surface area (Å²) in [5.41, 5.74) is 2.41. The predicted molar refractivity (Wildman–Crippen MR) is 57.6 cm³/mol. The fourth-order valence-corrected chi connectivity index (χ4v) is 4.93. The monoisotopic (exact) mass is 302 g/mol. The van der Waals surface area contributed by atoms with Crippen LogP contribution in [0.15, 0.2) is 12.4 Å². The quantitative estimate of drug-likeness (QED) is 0.689. The maximum atomic E-state index is 4.42. The molecule has 1 fully saturated rings. The Labute approximate surface area is 93.4 Å². The minimum absolute atomic E-state index is 0.522. The minimum Gasteiger partial charge on any atom is -0.257 e. The van der Waals surface area contributed by atoms with Crippen LogP contribution in [0.4, 0.5) is 0 Å². The molecule has 0 N–H and O–H groups in total. The van der Waals surface area contributed by atoms with E-state index in [1.54, 1.807) is 12.4 Å². The summed E-state index contributed by atoms with van der Waals surface area (Å²) in [7, 11) is 0. The molecule has 0 amide bonds. The first-order valence-electron chi connectivity index (χ1n) is 4.38. The van der Waals surface area contributed by atoms with E-state index in [1.165, 1.54) is 17.8 Å². The lowest BCUT2D eigenvalue weighted by atomic mass is 10.0. The maximum Gasteiger partial charge on any atom is 0.0675 e. The summed E-state index contributed by atoms with van der Waals surface area (Å²) in [5.74, 6) is 1.09. The number of rotatable bonds is 0. The van der Waals surface area contributed by atoms with Crippen LogP contribution in [0, 0.1) is 0 Å². The van der Waals surface area contributed by atoms with E-state index < -0.39 is 0 Å². The third-order valence-electron chi connectivity index (χ3n) is 3.02. The molecule has 4 atom stereocenters. The maximum absolute atomic E-state index is 4.42. The molecule has 13 heavy (non-hydrogen) atoms. The Morgan fingerprint density at radius 1 is 1.15 bits per heavy atom. The molecule has 1 aromatic rings. The molecule has 68 valence electrons. The van der Waals surface area contributed by atoms with Crippen molar-refractivity contribution < 1.29 is 0 Å². The van der Waals surface area contributed by atoms with E-state index >= 15 is 0 Å². The van der Waals surface area contributed by atoms with Crippen molar-refractivity contribution in [2.24, 2.45) is 0 Å². The van der Waals surface area contributed by atoms with Crippen LogP contribution in [0.1, 0.15) is 29.6 Å². The van der Waals surface area contributed by atoms with Gasteiger partial charge in [-0.05, 0) is 6.42 Å². The molecular weight excluding hydrogens is 296 g/mol. The normalized spacial score (nSPS) is 40.8. The molecule has 1 saturated carbocycles. The first kappa shape index (κ1) is 8.36. The summed E-state index contributed by atoms with van der Waals surface area (Å²) in [4.78, 5) is 9.95. The molecular formula is C9H8Br2N2. The Bertz CT molecular complexity index is 355. The van der Waals surface area contributed by atoms with Crippen LogP contribution in [0.5, 0.6) is 0 Å². The zero-order valence-electron chi connectivity index (χ0n) is 6.82. The lowest BCUT2D eigenvalue weighted by Crippen LogP contribution is -2.13. The highest BCUT2D eigenvalue weighted by Crippen LogP contribution is 2.57. The minimum atomic E-state index is 0.522. The molecule has 0 aromatic carbocycles. The number of alkyl halides is 2. The van der Waals surface area contributed by atoms with E-state index in [0.29, 0.717) is 21.5 Å². The Kier molecular flexibility index (Phi) is 1.78. The molecule has 0 radical (unpaired) electrons. The third-order valence-corrected chi connectivity index (χ3v) is 5.17. The Hall–Kier alpha value is 0.0400. The highest BCUT2D eigenvalue weighted by atomic mass is 79.9. The van der Waals surface area contributed by atoms with E-state index in [1.807, 2.05) is 0 Å². The van der Waals surface area contributed by atoms with Crippen molar-refractivity contribution in [3.8, 4) is 0 Å². The molecule has 2 aliphatic rings. The van der Waals surface area contributed by atoms with E-state index in [-0.39, 0.29) is 0 Å². The standard InChI is InChI=1S/C9H8Br2N2/c10-5-3-4-7(11)6(5)9-8(4)12-1-2-13-9/h1-2,4-7H,3H2/t4-,5-,6+,7+/m1/s1. The summed E-state index contributed by atoms with van der Waals surface area (Å²) in [6.07, 6.45) is 4.77. The van der Waals surface area contributed by atoms with E-state index in [0.717, 1.165) is 0 Å². The topological polar surface area (TPSA) is 25.8 Å². The molecule has 2 nitrogen and oxygen atoms in total. The summed E-state index contributed by atoms with van der Waals surface area (Å²) in [5, 5.41) is 0. The van der Waals surface area contributed by atoms with Crippen molar-refractivity contribution in [3.63, 3.8) is 0 Å². The van der Waals surface area contributed by atoms with Gasteiger partial charge in [-0.25, -0.2) is 0 Å². The second-order valence-electron chi connectivity index (χ2n) is 3.66. The van der Waals surface area contributed by atoms with Gasteiger partial charge in [0.1, 0.15) is 0 Å². The summed E-state index contributed by atoms with van der Waals surface area (Å²) < 4.78 is 0. The third kappa shape index (κ3) is 0.988. The van der Waals surface area contributed by atoms with Crippen LogP contribution >= 0.6 is 31.9 Å². The van der Waals surface area contributed by atoms with Gasteiger partial charge in [0, 0.05) is 33.9 Å². The Morgan fingerprint density at radius 3 is 2.62 bits per heavy atom. The van der Waals surface area contributed by atoms with Gasteiger partial charge in [0.2, 0.25) is 0 Å². The number of fused-ring (bicyclic) bond motifs is 5. The summed E-state index contributed by atoms with van der Waals surface area (Å²) in [6, 6.07) is 0. The smallest absolute Gasteiger partial charge is 0.0675 e. The molecule has 4 heteroatoms. The van der Waals surface area contributed by atoms with E-state index in [4.69, 9.17) is 0 Å². The highest BCUT2D eigenvalue weighted by molar-refractivity contribution is 9.10. The van der Waals surface area contributed by atoms with Crippen molar-refractivity contribution in [1.29, 1.82) is 0 Å². The zero-order chi connectivity index (χ0) is 9.00. The van der Waals surface area contributed by atoms with Crippen molar-refractivity contribution in [3.05, 3.63) is 23.8 Å². The van der Waals surface area contributed by atoms with Gasteiger partial charge in [0.15, 0.2) is 0 Å². The Morgan fingerprint density at radius 2 is 1.85 bits per heavy atom. The van der Waals surface area contributed by atoms with Gasteiger partial charge < -0.3 is 0 Å². The van der Waals surface area contributed by atoms with E-state index in [2.05, 4.69) is 41.8 Å². The second kappa shape index (κ2) is 2.76. The summed E-state index contributed by atoms with van der Waals surface area (Å²) >= 11 is 7.45. The molecule has 0 aliphatic heterocycles. The number of nitrogens with zero attached hydrogens (tertiary/aromatic N) is 2. The first-order chi connectivity index (χ1) is 6.29. The SMILES string of the molecule is Br[C@@H]1[C@H]2c3nccnc3[C@@H]1C[C@H]2Br. The number of hydrogen-bond donors (Lipinski definition) is 0. The van der Waals surface area contributed by atoms with Crippen LogP contribution in [0.25, 0.3) is 0 Å². The second-order valence-corrected chi connectivity index (χ2v) is 5.89. The lowest BCUT2D eigenvalue weighted by Gasteiger charge is -2.16. The van der Waals surface area contributed by atoms with E-state index in [9.17, 15) is 0 Å². The fraction of sp³-hybridized carbons (Fsp3) is 0.556.